The lowest BCUT2D eigenvalue weighted by Crippen LogP contribution is -2.10. The molecule has 0 fully saturated rings. The van der Waals surface area contributed by atoms with Crippen LogP contribution < -0.4 is 10.1 Å². The Labute approximate surface area is 201 Å². The van der Waals surface area contributed by atoms with Crippen molar-refractivity contribution in [1.29, 1.82) is 0 Å². The summed E-state index contributed by atoms with van der Waals surface area (Å²) in [5.41, 5.74) is 0.916. The highest BCUT2D eigenvalue weighted by atomic mass is 19.4. The molecule has 0 amide bonds. The van der Waals surface area contributed by atoms with E-state index in [0.29, 0.717) is 22.7 Å². The van der Waals surface area contributed by atoms with Crippen molar-refractivity contribution in [3.8, 4) is 28.4 Å². The number of H-pyrrole nitrogens is 1. The zero-order chi connectivity index (χ0) is 25.1. The first kappa shape index (κ1) is 23.0. The standard InChI is InChI=1S/C24H17F4N7O/c25-20-3-1-2-4-22(20)36-19-7-5-18(6-8-19)35-14-17(33-34-35)13-29-16-9-21(15-11-30-31-12-15)32-23(10-16)24(26,27)28/h1-12,14H,13H2,(H,29,32)(H,30,31). The van der Waals surface area contributed by atoms with E-state index in [1.807, 2.05) is 0 Å². The van der Waals surface area contributed by atoms with E-state index in [2.05, 4.69) is 30.8 Å². The van der Waals surface area contributed by atoms with Crippen LogP contribution in [0.4, 0.5) is 23.2 Å². The molecular weight excluding hydrogens is 478 g/mol. The number of rotatable bonds is 7. The van der Waals surface area contributed by atoms with Gasteiger partial charge in [0, 0.05) is 17.4 Å². The van der Waals surface area contributed by atoms with Crippen molar-refractivity contribution in [3.63, 3.8) is 0 Å². The zero-order valence-corrected chi connectivity index (χ0v) is 18.4. The van der Waals surface area contributed by atoms with Crippen LogP contribution in [0.5, 0.6) is 11.5 Å². The summed E-state index contributed by atoms with van der Waals surface area (Å²) < 4.78 is 60.9. The van der Waals surface area contributed by atoms with E-state index in [-0.39, 0.29) is 23.7 Å². The summed E-state index contributed by atoms with van der Waals surface area (Å²) >= 11 is 0. The van der Waals surface area contributed by atoms with Crippen LogP contribution in [0.1, 0.15) is 11.4 Å². The highest BCUT2D eigenvalue weighted by Crippen LogP contribution is 2.32. The number of hydrogen-bond acceptors (Lipinski definition) is 6. The number of benzene rings is 2. The van der Waals surface area contributed by atoms with Crippen molar-refractivity contribution in [1.82, 2.24) is 30.2 Å². The van der Waals surface area contributed by atoms with E-state index >= 15 is 0 Å². The van der Waals surface area contributed by atoms with Gasteiger partial charge in [-0.1, -0.05) is 17.3 Å². The molecule has 182 valence electrons. The minimum absolute atomic E-state index is 0.111. The number of aromatic amines is 1. The molecule has 0 atom stereocenters. The lowest BCUT2D eigenvalue weighted by Gasteiger charge is -2.11. The fraction of sp³-hybridized carbons (Fsp3) is 0.0833. The summed E-state index contributed by atoms with van der Waals surface area (Å²) in [4.78, 5) is 3.70. The Morgan fingerprint density at radius 2 is 1.83 bits per heavy atom. The van der Waals surface area contributed by atoms with E-state index < -0.39 is 17.7 Å². The monoisotopic (exact) mass is 495 g/mol. The van der Waals surface area contributed by atoms with Gasteiger partial charge in [-0.25, -0.2) is 14.1 Å². The molecule has 3 heterocycles. The smallest absolute Gasteiger partial charge is 0.433 e. The van der Waals surface area contributed by atoms with E-state index in [9.17, 15) is 17.6 Å². The average molecular weight is 495 g/mol. The van der Waals surface area contributed by atoms with Crippen LogP contribution in [0.15, 0.2) is 79.3 Å². The maximum Gasteiger partial charge on any atom is 0.433 e. The maximum absolute atomic E-state index is 13.8. The molecule has 2 aromatic carbocycles. The predicted molar refractivity (Wildman–Crippen MR) is 122 cm³/mol. The third-order valence-electron chi connectivity index (χ3n) is 5.09. The summed E-state index contributed by atoms with van der Waals surface area (Å²) in [6.45, 7) is 0.126. The molecule has 3 aromatic heterocycles. The summed E-state index contributed by atoms with van der Waals surface area (Å²) in [6.07, 6.45) is -0.112. The van der Waals surface area contributed by atoms with Crippen LogP contribution in [0, 0.1) is 5.82 Å². The summed E-state index contributed by atoms with van der Waals surface area (Å²) in [6, 6.07) is 15.3. The molecule has 5 rings (SSSR count). The van der Waals surface area contributed by atoms with Gasteiger partial charge in [0.1, 0.15) is 17.1 Å². The van der Waals surface area contributed by atoms with E-state index in [1.54, 1.807) is 42.6 Å². The number of aromatic nitrogens is 6. The number of anilines is 1. The normalized spacial score (nSPS) is 11.4. The SMILES string of the molecule is Fc1ccccc1Oc1ccc(-n2cc(CNc3cc(-c4cn[nH]c4)nc(C(F)(F)F)c3)nn2)cc1. The van der Waals surface area contributed by atoms with Gasteiger partial charge in [-0.2, -0.15) is 18.3 Å². The highest BCUT2D eigenvalue weighted by Gasteiger charge is 2.33. The van der Waals surface area contributed by atoms with Crippen LogP contribution >= 0.6 is 0 Å². The second-order valence-corrected chi connectivity index (χ2v) is 7.65. The van der Waals surface area contributed by atoms with Gasteiger partial charge in [0.15, 0.2) is 11.6 Å². The number of ether oxygens (including phenoxy) is 1. The van der Waals surface area contributed by atoms with Crippen molar-refractivity contribution in [2.75, 3.05) is 5.32 Å². The van der Waals surface area contributed by atoms with Gasteiger partial charge in [-0.05, 0) is 48.5 Å². The number of nitrogens with zero attached hydrogens (tertiary/aromatic N) is 5. The second-order valence-electron chi connectivity index (χ2n) is 7.65. The Morgan fingerprint density at radius 3 is 2.56 bits per heavy atom. The average Bonchev–Trinajstić information content (AvgIpc) is 3.57. The Bertz CT molecular complexity index is 1460. The molecule has 0 aliphatic carbocycles. The van der Waals surface area contributed by atoms with Crippen LogP contribution in [-0.4, -0.2) is 30.2 Å². The summed E-state index contributed by atoms with van der Waals surface area (Å²) in [5, 5.41) is 17.4. The fourth-order valence-electron chi connectivity index (χ4n) is 3.34. The molecule has 0 aliphatic heterocycles. The molecule has 0 aliphatic rings. The van der Waals surface area contributed by atoms with Crippen molar-refractivity contribution >= 4 is 5.69 Å². The first-order valence-corrected chi connectivity index (χ1v) is 10.6. The molecule has 36 heavy (non-hydrogen) atoms. The van der Waals surface area contributed by atoms with Crippen LogP contribution in [-0.2, 0) is 12.7 Å². The van der Waals surface area contributed by atoms with Gasteiger partial charge in [-0.15, -0.1) is 5.10 Å². The van der Waals surface area contributed by atoms with E-state index in [0.717, 1.165) is 6.07 Å². The molecule has 0 saturated heterocycles. The zero-order valence-electron chi connectivity index (χ0n) is 18.4. The van der Waals surface area contributed by atoms with Crippen LogP contribution in [0.25, 0.3) is 16.9 Å². The third kappa shape index (κ3) is 5.17. The van der Waals surface area contributed by atoms with Gasteiger partial charge in [0.2, 0.25) is 0 Å². The van der Waals surface area contributed by atoms with Gasteiger partial charge in [0.05, 0.1) is 30.3 Å². The molecule has 0 spiro atoms. The first-order valence-electron chi connectivity index (χ1n) is 10.6. The van der Waals surface area contributed by atoms with Crippen molar-refractivity contribution < 1.29 is 22.3 Å². The fourth-order valence-corrected chi connectivity index (χ4v) is 3.34. The predicted octanol–water partition coefficient (Wildman–Crippen LogP) is 5.61. The molecule has 2 N–H and O–H groups in total. The Hall–Kier alpha value is -4.74. The largest absolute Gasteiger partial charge is 0.454 e. The van der Waals surface area contributed by atoms with Crippen molar-refractivity contribution in [3.05, 3.63) is 96.5 Å². The molecule has 12 heteroatoms. The topological polar surface area (TPSA) is 93.5 Å². The Morgan fingerprint density at radius 1 is 1.03 bits per heavy atom. The van der Waals surface area contributed by atoms with E-state index in [4.69, 9.17) is 4.74 Å². The highest BCUT2D eigenvalue weighted by molar-refractivity contribution is 5.63. The van der Waals surface area contributed by atoms with Gasteiger partial charge < -0.3 is 10.1 Å². The molecule has 0 bridgehead atoms. The quantitative estimate of drug-likeness (QED) is 0.285. The summed E-state index contributed by atoms with van der Waals surface area (Å²) in [7, 11) is 0. The first-order chi connectivity index (χ1) is 17.3. The lowest BCUT2D eigenvalue weighted by atomic mass is 10.2. The number of halogens is 4. The van der Waals surface area contributed by atoms with Gasteiger partial charge in [-0.3, -0.25) is 5.10 Å². The van der Waals surface area contributed by atoms with Gasteiger partial charge >= 0.3 is 6.18 Å². The lowest BCUT2D eigenvalue weighted by molar-refractivity contribution is -0.141. The third-order valence-corrected chi connectivity index (χ3v) is 5.09. The van der Waals surface area contributed by atoms with Gasteiger partial charge in [0.25, 0.3) is 0 Å². The minimum Gasteiger partial charge on any atom is -0.454 e. The van der Waals surface area contributed by atoms with Crippen molar-refractivity contribution in [2.24, 2.45) is 0 Å². The van der Waals surface area contributed by atoms with Crippen LogP contribution in [0.2, 0.25) is 0 Å². The van der Waals surface area contributed by atoms with E-state index in [1.165, 1.54) is 35.3 Å². The summed E-state index contributed by atoms with van der Waals surface area (Å²) in [5.74, 6) is 0.0842. The minimum atomic E-state index is -4.61. The molecule has 5 aromatic rings. The number of para-hydroxylation sites is 1. The number of pyridine rings is 1. The van der Waals surface area contributed by atoms with Crippen LogP contribution in [0.3, 0.4) is 0 Å². The van der Waals surface area contributed by atoms with Crippen molar-refractivity contribution in [2.45, 2.75) is 12.7 Å². The Balaban J connectivity index is 1.28. The second kappa shape index (κ2) is 9.49. The molecule has 0 radical (unpaired) electrons. The number of nitrogens with one attached hydrogen (secondary N) is 2. The number of alkyl halides is 3. The number of hydrogen-bond donors (Lipinski definition) is 2. The molecule has 0 unspecified atom stereocenters. The Kier molecular flexibility index (Phi) is 6.07. The molecule has 8 nitrogen and oxygen atoms in total. The maximum atomic E-state index is 13.8. The molecular formula is C24H17F4N7O. The molecule has 0 saturated carbocycles.